The number of hydrogen-bond acceptors (Lipinski definition) is 3. The molecule has 2 heterocycles. The van der Waals surface area contributed by atoms with Crippen molar-refractivity contribution in [2.75, 3.05) is 13.2 Å². The molecule has 0 amide bonds. The fourth-order valence-corrected chi connectivity index (χ4v) is 2.22. The van der Waals surface area contributed by atoms with Crippen LogP contribution in [-0.4, -0.2) is 34.2 Å². The first-order valence-corrected chi connectivity index (χ1v) is 6.46. The summed E-state index contributed by atoms with van der Waals surface area (Å²) in [6.45, 7) is 5.72. The van der Waals surface area contributed by atoms with Gasteiger partial charge < -0.3 is 9.84 Å². The van der Waals surface area contributed by atoms with Crippen LogP contribution in [0.4, 0.5) is 0 Å². The predicted octanol–water partition coefficient (Wildman–Crippen LogP) is 1.79. The normalized spacial score (nSPS) is 22.9. The highest BCUT2D eigenvalue weighted by molar-refractivity contribution is 5.01. The molecular formula is C13H22N2O2. The molecule has 2 atom stereocenters. The highest BCUT2D eigenvalue weighted by Gasteiger charge is 2.23. The monoisotopic (exact) mass is 238 g/mol. The number of hydrogen-bond donors (Lipinski definition) is 1. The van der Waals surface area contributed by atoms with Gasteiger partial charge in [0.1, 0.15) is 0 Å². The maximum atomic E-state index is 10.1. The Hall–Kier alpha value is -0.870. The molecule has 0 aliphatic carbocycles. The van der Waals surface area contributed by atoms with Gasteiger partial charge in [0.05, 0.1) is 18.4 Å². The van der Waals surface area contributed by atoms with Gasteiger partial charge in [0, 0.05) is 31.2 Å². The van der Waals surface area contributed by atoms with Crippen LogP contribution in [0.5, 0.6) is 0 Å². The van der Waals surface area contributed by atoms with Gasteiger partial charge in [-0.05, 0) is 32.8 Å². The first-order valence-electron chi connectivity index (χ1n) is 6.46. The van der Waals surface area contributed by atoms with E-state index in [9.17, 15) is 5.11 Å². The molecule has 0 bridgehead atoms. The Morgan fingerprint density at radius 2 is 2.41 bits per heavy atom. The summed E-state index contributed by atoms with van der Waals surface area (Å²) >= 11 is 0. The average Bonchev–Trinajstić information content (AvgIpc) is 2.79. The number of aliphatic hydroxyl groups is 1. The van der Waals surface area contributed by atoms with Gasteiger partial charge in [-0.3, -0.25) is 4.68 Å². The van der Waals surface area contributed by atoms with Crippen LogP contribution < -0.4 is 0 Å². The zero-order valence-corrected chi connectivity index (χ0v) is 10.7. The van der Waals surface area contributed by atoms with Gasteiger partial charge in [-0.25, -0.2) is 0 Å². The van der Waals surface area contributed by atoms with Crippen molar-refractivity contribution in [2.24, 2.45) is 5.92 Å². The first-order chi connectivity index (χ1) is 8.16. The van der Waals surface area contributed by atoms with Gasteiger partial charge in [-0.15, -0.1) is 0 Å². The van der Waals surface area contributed by atoms with Crippen LogP contribution in [0.1, 0.15) is 38.4 Å². The van der Waals surface area contributed by atoms with Crippen molar-refractivity contribution >= 4 is 0 Å². The van der Waals surface area contributed by atoms with Crippen molar-refractivity contribution in [1.82, 2.24) is 9.78 Å². The largest absolute Gasteiger partial charge is 0.392 e. The molecule has 2 rings (SSSR count). The van der Waals surface area contributed by atoms with Crippen LogP contribution in [0.3, 0.4) is 0 Å². The predicted molar refractivity (Wildman–Crippen MR) is 65.9 cm³/mol. The SMILES string of the molecule is CC(C)n1ccc(CC(O)C2CCCOC2)n1. The molecule has 0 radical (unpaired) electrons. The van der Waals surface area contributed by atoms with E-state index in [2.05, 4.69) is 18.9 Å². The first kappa shape index (κ1) is 12.6. The van der Waals surface area contributed by atoms with Gasteiger partial charge in [-0.1, -0.05) is 0 Å². The van der Waals surface area contributed by atoms with E-state index in [1.165, 1.54) is 0 Å². The number of ether oxygens (including phenoxy) is 1. The summed E-state index contributed by atoms with van der Waals surface area (Å²) < 4.78 is 7.33. The summed E-state index contributed by atoms with van der Waals surface area (Å²) in [7, 11) is 0. The maximum absolute atomic E-state index is 10.1. The van der Waals surface area contributed by atoms with Crippen molar-refractivity contribution in [3.8, 4) is 0 Å². The van der Waals surface area contributed by atoms with E-state index in [1.807, 2.05) is 16.9 Å². The van der Waals surface area contributed by atoms with Gasteiger partial charge in [0.25, 0.3) is 0 Å². The molecule has 17 heavy (non-hydrogen) atoms. The molecule has 4 nitrogen and oxygen atoms in total. The number of aliphatic hydroxyl groups excluding tert-OH is 1. The van der Waals surface area contributed by atoms with Gasteiger partial charge in [0.15, 0.2) is 0 Å². The second-order valence-electron chi connectivity index (χ2n) is 5.13. The molecule has 1 fully saturated rings. The summed E-state index contributed by atoms with van der Waals surface area (Å²) in [4.78, 5) is 0. The molecule has 0 aromatic carbocycles. The molecule has 2 unspecified atom stereocenters. The Bertz CT molecular complexity index is 343. The molecule has 1 aromatic heterocycles. The molecule has 96 valence electrons. The Morgan fingerprint density at radius 3 is 3.00 bits per heavy atom. The van der Waals surface area contributed by atoms with Crippen molar-refractivity contribution < 1.29 is 9.84 Å². The average molecular weight is 238 g/mol. The molecule has 1 aliphatic heterocycles. The summed E-state index contributed by atoms with van der Waals surface area (Å²) in [5.74, 6) is 0.271. The van der Waals surface area contributed by atoms with Crippen LogP contribution in [0.25, 0.3) is 0 Å². The lowest BCUT2D eigenvalue weighted by molar-refractivity contribution is -0.00883. The van der Waals surface area contributed by atoms with E-state index in [4.69, 9.17) is 4.74 Å². The zero-order valence-electron chi connectivity index (χ0n) is 10.7. The second-order valence-corrected chi connectivity index (χ2v) is 5.13. The number of nitrogens with zero attached hydrogens (tertiary/aromatic N) is 2. The van der Waals surface area contributed by atoms with Crippen molar-refractivity contribution in [3.63, 3.8) is 0 Å². The van der Waals surface area contributed by atoms with Gasteiger partial charge in [-0.2, -0.15) is 5.10 Å². The van der Waals surface area contributed by atoms with E-state index in [0.717, 1.165) is 25.1 Å². The molecule has 4 heteroatoms. The molecule has 1 aromatic rings. The third-order valence-corrected chi connectivity index (χ3v) is 3.35. The Kier molecular flexibility index (Phi) is 4.18. The summed E-state index contributed by atoms with van der Waals surface area (Å²) in [5.41, 5.74) is 0.969. The molecule has 0 spiro atoms. The fraction of sp³-hybridized carbons (Fsp3) is 0.769. The van der Waals surface area contributed by atoms with Gasteiger partial charge in [0.2, 0.25) is 0 Å². The van der Waals surface area contributed by atoms with Crippen LogP contribution >= 0.6 is 0 Å². The van der Waals surface area contributed by atoms with Crippen LogP contribution in [0.15, 0.2) is 12.3 Å². The minimum absolute atomic E-state index is 0.271. The number of rotatable bonds is 4. The molecule has 1 aliphatic rings. The van der Waals surface area contributed by atoms with E-state index in [-0.39, 0.29) is 12.0 Å². The van der Waals surface area contributed by atoms with E-state index < -0.39 is 0 Å². The third-order valence-electron chi connectivity index (χ3n) is 3.35. The molecule has 1 saturated heterocycles. The van der Waals surface area contributed by atoms with E-state index in [0.29, 0.717) is 19.1 Å². The van der Waals surface area contributed by atoms with Crippen molar-refractivity contribution in [2.45, 2.75) is 45.3 Å². The fourth-order valence-electron chi connectivity index (χ4n) is 2.22. The topological polar surface area (TPSA) is 47.3 Å². The zero-order chi connectivity index (χ0) is 12.3. The third kappa shape index (κ3) is 3.30. The van der Waals surface area contributed by atoms with Crippen molar-refractivity contribution in [3.05, 3.63) is 18.0 Å². The molecule has 1 N–H and O–H groups in total. The highest BCUT2D eigenvalue weighted by Crippen LogP contribution is 2.20. The van der Waals surface area contributed by atoms with Crippen molar-refractivity contribution in [1.29, 1.82) is 0 Å². The Labute approximate surface area is 103 Å². The van der Waals surface area contributed by atoms with E-state index >= 15 is 0 Å². The minimum atomic E-state index is -0.328. The number of aromatic nitrogens is 2. The lowest BCUT2D eigenvalue weighted by Gasteiger charge is -2.26. The lowest BCUT2D eigenvalue weighted by atomic mass is 9.93. The van der Waals surface area contributed by atoms with Crippen LogP contribution in [-0.2, 0) is 11.2 Å². The maximum Gasteiger partial charge on any atom is 0.0650 e. The standard InChI is InChI=1S/C13H22N2O2/c1-10(2)15-6-5-12(14-15)8-13(16)11-4-3-7-17-9-11/h5-6,10-11,13,16H,3-4,7-9H2,1-2H3. The lowest BCUT2D eigenvalue weighted by Crippen LogP contribution is -2.30. The minimum Gasteiger partial charge on any atom is -0.392 e. The summed E-state index contributed by atoms with van der Waals surface area (Å²) in [6, 6.07) is 2.37. The Morgan fingerprint density at radius 1 is 1.59 bits per heavy atom. The van der Waals surface area contributed by atoms with Gasteiger partial charge >= 0.3 is 0 Å². The van der Waals surface area contributed by atoms with Crippen LogP contribution in [0, 0.1) is 5.92 Å². The van der Waals surface area contributed by atoms with E-state index in [1.54, 1.807) is 0 Å². The summed E-state index contributed by atoms with van der Waals surface area (Å²) in [6.07, 6.45) is 4.40. The molecular weight excluding hydrogens is 216 g/mol. The summed E-state index contributed by atoms with van der Waals surface area (Å²) in [5, 5.41) is 14.6. The highest BCUT2D eigenvalue weighted by atomic mass is 16.5. The van der Waals surface area contributed by atoms with Crippen LogP contribution in [0.2, 0.25) is 0 Å². The second kappa shape index (κ2) is 5.65. The Balaban J connectivity index is 1.90. The molecule has 0 saturated carbocycles. The quantitative estimate of drug-likeness (QED) is 0.870. The smallest absolute Gasteiger partial charge is 0.0650 e.